The second-order valence-corrected chi connectivity index (χ2v) is 5.03. The number of carboxylic acids is 1. The lowest BCUT2D eigenvalue weighted by atomic mass is 10.0. The van der Waals surface area contributed by atoms with Crippen molar-refractivity contribution in [3.05, 3.63) is 42.2 Å². The van der Waals surface area contributed by atoms with Gasteiger partial charge in [-0.3, -0.25) is 0 Å². The van der Waals surface area contributed by atoms with E-state index in [1.54, 1.807) is 18.3 Å². The normalized spacial score (nSPS) is 16.1. The summed E-state index contributed by atoms with van der Waals surface area (Å²) in [6.45, 7) is 1.43. The molecule has 1 fully saturated rings. The van der Waals surface area contributed by atoms with E-state index in [2.05, 4.69) is 9.97 Å². The molecule has 1 N–H and O–H groups in total. The SMILES string of the molecule is O=C(O)c1cccn1C1CCN(c2ncc(F)cn2)CC1. The van der Waals surface area contributed by atoms with E-state index in [0.29, 0.717) is 24.7 Å². The van der Waals surface area contributed by atoms with Crippen LogP contribution in [0.1, 0.15) is 29.4 Å². The minimum atomic E-state index is -0.913. The molecular formula is C14H15FN4O2. The van der Waals surface area contributed by atoms with Crippen LogP contribution in [0, 0.1) is 5.82 Å². The van der Waals surface area contributed by atoms with Gasteiger partial charge in [-0.05, 0) is 25.0 Å². The molecule has 0 spiro atoms. The summed E-state index contributed by atoms with van der Waals surface area (Å²) < 4.78 is 14.6. The number of piperidine rings is 1. The third-order valence-electron chi connectivity index (χ3n) is 3.75. The summed E-state index contributed by atoms with van der Waals surface area (Å²) in [5.74, 6) is -0.850. The van der Waals surface area contributed by atoms with Crippen LogP contribution in [0.5, 0.6) is 0 Å². The van der Waals surface area contributed by atoms with Crippen LogP contribution in [-0.2, 0) is 0 Å². The Balaban J connectivity index is 1.69. The molecule has 0 unspecified atom stereocenters. The van der Waals surface area contributed by atoms with Gasteiger partial charge >= 0.3 is 5.97 Å². The monoisotopic (exact) mass is 290 g/mol. The van der Waals surface area contributed by atoms with Gasteiger partial charge in [0, 0.05) is 25.3 Å². The van der Waals surface area contributed by atoms with Gasteiger partial charge in [-0.25, -0.2) is 19.2 Å². The molecule has 2 aromatic heterocycles. The molecule has 0 amide bonds. The summed E-state index contributed by atoms with van der Waals surface area (Å²) >= 11 is 0. The fourth-order valence-electron chi connectivity index (χ4n) is 2.71. The Labute approximate surface area is 120 Å². The molecule has 0 saturated carbocycles. The number of aromatic nitrogens is 3. The van der Waals surface area contributed by atoms with Crippen molar-refractivity contribution < 1.29 is 14.3 Å². The molecule has 0 bridgehead atoms. The fraction of sp³-hybridized carbons (Fsp3) is 0.357. The molecule has 2 aromatic rings. The first-order valence-corrected chi connectivity index (χ1v) is 6.78. The molecule has 0 aliphatic carbocycles. The Bertz CT molecular complexity index is 633. The summed E-state index contributed by atoms with van der Waals surface area (Å²) in [6, 6.07) is 3.51. The molecule has 21 heavy (non-hydrogen) atoms. The Morgan fingerprint density at radius 2 is 1.95 bits per heavy atom. The van der Waals surface area contributed by atoms with Crippen LogP contribution in [0.2, 0.25) is 0 Å². The molecule has 0 aromatic carbocycles. The highest BCUT2D eigenvalue weighted by atomic mass is 19.1. The van der Waals surface area contributed by atoms with Crippen molar-refractivity contribution in [2.24, 2.45) is 0 Å². The maximum atomic E-state index is 12.8. The van der Waals surface area contributed by atoms with Crippen LogP contribution in [0.25, 0.3) is 0 Å². The van der Waals surface area contributed by atoms with E-state index in [4.69, 9.17) is 5.11 Å². The number of hydrogen-bond acceptors (Lipinski definition) is 4. The maximum Gasteiger partial charge on any atom is 0.352 e. The summed E-state index contributed by atoms with van der Waals surface area (Å²) in [4.78, 5) is 21.1. The third kappa shape index (κ3) is 2.72. The highest BCUT2D eigenvalue weighted by Crippen LogP contribution is 2.26. The first kappa shape index (κ1) is 13.5. The van der Waals surface area contributed by atoms with Crippen molar-refractivity contribution in [3.8, 4) is 0 Å². The number of carbonyl (C=O) groups is 1. The molecule has 3 rings (SSSR count). The fourth-order valence-corrected chi connectivity index (χ4v) is 2.71. The van der Waals surface area contributed by atoms with Crippen molar-refractivity contribution >= 4 is 11.9 Å². The van der Waals surface area contributed by atoms with Crippen molar-refractivity contribution in [1.29, 1.82) is 0 Å². The highest BCUT2D eigenvalue weighted by molar-refractivity contribution is 5.85. The van der Waals surface area contributed by atoms with Gasteiger partial charge in [0.05, 0.1) is 12.4 Å². The van der Waals surface area contributed by atoms with Gasteiger partial charge in [0.1, 0.15) is 5.69 Å². The van der Waals surface area contributed by atoms with E-state index in [-0.39, 0.29) is 6.04 Å². The predicted octanol–water partition coefficient (Wildman–Crippen LogP) is 1.96. The van der Waals surface area contributed by atoms with Gasteiger partial charge in [-0.1, -0.05) is 0 Å². The van der Waals surface area contributed by atoms with Gasteiger partial charge in [0.25, 0.3) is 0 Å². The topological polar surface area (TPSA) is 71.2 Å². The number of carboxylic acid groups (broad SMARTS) is 1. The van der Waals surface area contributed by atoms with Crippen molar-refractivity contribution in [2.45, 2.75) is 18.9 Å². The van der Waals surface area contributed by atoms with Crippen molar-refractivity contribution in [1.82, 2.24) is 14.5 Å². The lowest BCUT2D eigenvalue weighted by Crippen LogP contribution is -2.36. The molecule has 0 radical (unpaired) electrons. The van der Waals surface area contributed by atoms with Gasteiger partial charge in [-0.2, -0.15) is 0 Å². The lowest BCUT2D eigenvalue weighted by molar-refractivity contribution is 0.0681. The Kier molecular flexibility index (Phi) is 3.55. The third-order valence-corrected chi connectivity index (χ3v) is 3.75. The molecule has 0 atom stereocenters. The second-order valence-electron chi connectivity index (χ2n) is 5.03. The quantitative estimate of drug-likeness (QED) is 0.935. The molecule has 3 heterocycles. The van der Waals surface area contributed by atoms with Gasteiger partial charge in [0.2, 0.25) is 5.95 Å². The zero-order valence-corrected chi connectivity index (χ0v) is 11.3. The average molecular weight is 290 g/mol. The van der Waals surface area contributed by atoms with E-state index >= 15 is 0 Å². The number of nitrogens with zero attached hydrogens (tertiary/aromatic N) is 4. The van der Waals surface area contributed by atoms with Crippen LogP contribution < -0.4 is 4.90 Å². The van der Waals surface area contributed by atoms with Crippen molar-refractivity contribution in [3.63, 3.8) is 0 Å². The molecule has 1 aliphatic rings. The molecule has 1 saturated heterocycles. The smallest absolute Gasteiger partial charge is 0.352 e. The first-order chi connectivity index (χ1) is 10.1. The van der Waals surface area contributed by atoms with Crippen LogP contribution in [0.3, 0.4) is 0 Å². The molecule has 7 heteroatoms. The van der Waals surface area contributed by atoms with E-state index in [0.717, 1.165) is 25.2 Å². The van der Waals surface area contributed by atoms with Crippen molar-refractivity contribution in [2.75, 3.05) is 18.0 Å². The largest absolute Gasteiger partial charge is 0.477 e. The number of anilines is 1. The first-order valence-electron chi connectivity index (χ1n) is 6.78. The highest BCUT2D eigenvalue weighted by Gasteiger charge is 2.24. The minimum absolute atomic E-state index is 0.155. The Hall–Kier alpha value is -2.44. The standard InChI is InChI=1S/C14H15FN4O2/c15-10-8-16-14(17-9-10)18-6-3-11(4-7-18)19-5-1-2-12(19)13(20)21/h1-2,5,8-9,11H,3-4,6-7H2,(H,20,21). The van der Waals surface area contributed by atoms with Crippen LogP contribution in [0.15, 0.2) is 30.7 Å². The summed E-state index contributed by atoms with van der Waals surface area (Å²) in [7, 11) is 0. The number of hydrogen-bond donors (Lipinski definition) is 1. The summed E-state index contributed by atoms with van der Waals surface area (Å²) in [5, 5.41) is 9.15. The summed E-state index contributed by atoms with van der Waals surface area (Å²) in [5.41, 5.74) is 0.312. The van der Waals surface area contributed by atoms with E-state index < -0.39 is 11.8 Å². The Morgan fingerprint density at radius 1 is 1.29 bits per heavy atom. The number of halogens is 1. The molecule has 6 nitrogen and oxygen atoms in total. The van der Waals surface area contributed by atoms with E-state index in [1.165, 1.54) is 0 Å². The minimum Gasteiger partial charge on any atom is -0.477 e. The molecule has 1 aliphatic heterocycles. The zero-order valence-electron chi connectivity index (χ0n) is 11.3. The van der Waals surface area contributed by atoms with E-state index in [9.17, 15) is 9.18 Å². The van der Waals surface area contributed by atoms with Gasteiger partial charge in [-0.15, -0.1) is 0 Å². The second kappa shape index (κ2) is 5.51. The maximum absolute atomic E-state index is 12.8. The van der Waals surface area contributed by atoms with Crippen LogP contribution in [-0.4, -0.2) is 38.7 Å². The van der Waals surface area contributed by atoms with E-state index in [1.807, 2.05) is 9.47 Å². The number of aromatic carboxylic acids is 1. The number of rotatable bonds is 3. The molecular weight excluding hydrogens is 275 g/mol. The lowest BCUT2D eigenvalue weighted by Gasteiger charge is -2.33. The molecule has 110 valence electrons. The van der Waals surface area contributed by atoms with Crippen LogP contribution in [0.4, 0.5) is 10.3 Å². The van der Waals surface area contributed by atoms with Crippen LogP contribution >= 0.6 is 0 Å². The predicted molar refractivity (Wildman–Crippen MR) is 73.9 cm³/mol. The Morgan fingerprint density at radius 3 is 2.57 bits per heavy atom. The van der Waals surface area contributed by atoms with Gasteiger partial charge < -0.3 is 14.6 Å². The summed E-state index contributed by atoms with van der Waals surface area (Å²) in [6.07, 6.45) is 5.72. The van der Waals surface area contributed by atoms with Gasteiger partial charge in [0.15, 0.2) is 5.82 Å². The zero-order chi connectivity index (χ0) is 14.8. The average Bonchev–Trinajstić information content (AvgIpc) is 2.98.